The second kappa shape index (κ2) is 6.71. The Morgan fingerprint density at radius 2 is 1.89 bits per heavy atom. The first-order valence-corrected chi connectivity index (χ1v) is 8.16. The number of pyridine rings is 3. The van der Waals surface area contributed by atoms with E-state index in [0.29, 0.717) is 29.0 Å². The van der Waals surface area contributed by atoms with E-state index >= 15 is 0 Å². The minimum absolute atomic E-state index is 0.234. The molecular formula is C19H14F3N5. The molecule has 27 heavy (non-hydrogen) atoms. The van der Waals surface area contributed by atoms with Gasteiger partial charge in [0.05, 0.1) is 23.5 Å². The first kappa shape index (κ1) is 17.0. The van der Waals surface area contributed by atoms with Crippen molar-refractivity contribution in [1.82, 2.24) is 19.9 Å². The van der Waals surface area contributed by atoms with Crippen LogP contribution in [0.5, 0.6) is 0 Å². The Labute approximate surface area is 152 Å². The predicted molar refractivity (Wildman–Crippen MR) is 95.9 cm³/mol. The summed E-state index contributed by atoms with van der Waals surface area (Å²) in [5.41, 5.74) is 1.45. The molecule has 0 radical (unpaired) electrons. The monoisotopic (exact) mass is 369 g/mol. The molecule has 4 aromatic heterocycles. The molecule has 2 N–H and O–H groups in total. The van der Waals surface area contributed by atoms with Crippen molar-refractivity contribution in [2.75, 3.05) is 5.32 Å². The smallest absolute Gasteiger partial charge is 0.364 e. The van der Waals surface area contributed by atoms with Gasteiger partial charge in [0.25, 0.3) is 0 Å². The highest BCUT2D eigenvalue weighted by Gasteiger charge is 2.31. The number of halogens is 3. The molecule has 4 heterocycles. The number of fused-ring (bicyclic) bond motifs is 1. The molecule has 0 aliphatic rings. The number of aromatic nitrogens is 4. The number of H-pyrrole nitrogens is 1. The molecule has 4 aromatic rings. The van der Waals surface area contributed by atoms with Gasteiger partial charge in [0.15, 0.2) is 0 Å². The third kappa shape index (κ3) is 3.59. The maximum absolute atomic E-state index is 13.1. The summed E-state index contributed by atoms with van der Waals surface area (Å²) in [7, 11) is 0. The maximum atomic E-state index is 13.1. The summed E-state index contributed by atoms with van der Waals surface area (Å²) in [5, 5.41) is 3.85. The number of nitrogens with one attached hydrogen (secondary N) is 2. The van der Waals surface area contributed by atoms with Gasteiger partial charge in [0.2, 0.25) is 0 Å². The zero-order valence-corrected chi connectivity index (χ0v) is 14.0. The quantitative estimate of drug-likeness (QED) is 0.549. The number of hydrogen-bond donors (Lipinski definition) is 2. The standard InChI is InChI=1S/C19H14F3N5/c20-19(21,22)12-4-7-24-16(9-12)15-10-17(27-18-14(15)5-8-25-18)26-11-13-3-1-2-6-23-13/h1-10H,11H2,(H2,25,26,27). The molecular weight excluding hydrogens is 355 g/mol. The summed E-state index contributed by atoms with van der Waals surface area (Å²) in [6.07, 6.45) is 0.119. The molecule has 0 saturated carbocycles. The van der Waals surface area contributed by atoms with Crippen molar-refractivity contribution in [2.45, 2.75) is 12.7 Å². The fraction of sp³-hybridized carbons (Fsp3) is 0.105. The maximum Gasteiger partial charge on any atom is 0.416 e. The molecule has 0 unspecified atom stereocenters. The lowest BCUT2D eigenvalue weighted by molar-refractivity contribution is -0.137. The second-order valence-electron chi connectivity index (χ2n) is 5.90. The summed E-state index contributed by atoms with van der Waals surface area (Å²) in [4.78, 5) is 15.8. The first-order valence-electron chi connectivity index (χ1n) is 8.16. The Bertz CT molecular complexity index is 1070. The molecule has 136 valence electrons. The summed E-state index contributed by atoms with van der Waals surface area (Å²) in [5.74, 6) is 0.518. The number of nitrogens with zero attached hydrogens (tertiary/aromatic N) is 3. The van der Waals surface area contributed by atoms with Crippen molar-refractivity contribution in [2.24, 2.45) is 0 Å². The first-order chi connectivity index (χ1) is 13.0. The van der Waals surface area contributed by atoms with E-state index in [4.69, 9.17) is 0 Å². The molecule has 0 amide bonds. The molecule has 0 aromatic carbocycles. The van der Waals surface area contributed by atoms with E-state index in [0.717, 1.165) is 24.0 Å². The van der Waals surface area contributed by atoms with Gasteiger partial charge in [-0.1, -0.05) is 6.07 Å². The second-order valence-corrected chi connectivity index (χ2v) is 5.90. The molecule has 0 bridgehead atoms. The minimum atomic E-state index is -4.43. The van der Waals surface area contributed by atoms with Gasteiger partial charge in [-0.3, -0.25) is 9.97 Å². The van der Waals surface area contributed by atoms with E-state index in [2.05, 4.69) is 25.3 Å². The largest absolute Gasteiger partial charge is 0.416 e. The minimum Gasteiger partial charge on any atom is -0.364 e. The van der Waals surface area contributed by atoms with E-state index in [-0.39, 0.29) is 5.69 Å². The predicted octanol–water partition coefficient (Wildman–Crippen LogP) is 4.65. The van der Waals surface area contributed by atoms with Crippen LogP contribution >= 0.6 is 0 Å². The highest BCUT2D eigenvalue weighted by molar-refractivity contribution is 5.93. The van der Waals surface area contributed by atoms with Gasteiger partial charge in [0, 0.05) is 29.5 Å². The number of anilines is 1. The van der Waals surface area contributed by atoms with Crippen LogP contribution < -0.4 is 5.32 Å². The summed E-state index contributed by atoms with van der Waals surface area (Å²) < 4.78 is 39.2. The van der Waals surface area contributed by atoms with Gasteiger partial charge >= 0.3 is 6.18 Å². The zero-order chi connectivity index (χ0) is 18.9. The fourth-order valence-corrected chi connectivity index (χ4v) is 2.78. The SMILES string of the molecule is FC(F)(F)c1ccnc(-c2cc(NCc3ccccn3)nc3[nH]ccc23)c1. The third-order valence-electron chi connectivity index (χ3n) is 4.07. The van der Waals surface area contributed by atoms with Crippen molar-refractivity contribution in [1.29, 1.82) is 0 Å². The van der Waals surface area contributed by atoms with Crippen molar-refractivity contribution in [3.8, 4) is 11.3 Å². The number of rotatable bonds is 4. The lowest BCUT2D eigenvalue weighted by Gasteiger charge is -2.11. The van der Waals surface area contributed by atoms with Crippen molar-refractivity contribution in [3.63, 3.8) is 0 Å². The van der Waals surface area contributed by atoms with Crippen molar-refractivity contribution >= 4 is 16.9 Å². The normalized spacial score (nSPS) is 11.7. The van der Waals surface area contributed by atoms with Gasteiger partial charge < -0.3 is 10.3 Å². The van der Waals surface area contributed by atoms with Crippen LogP contribution in [0.2, 0.25) is 0 Å². The average Bonchev–Trinajstić information content (AvgIpc) is 3.14. The highest BCUT2D eigenvalue weighted by atomic mass is 19.4. The van der Waals surface area contributed by atoms with E-state index in [1.54, 1.807) is 24.5 Å². The molecule has 5 nitrogen and oxygen atoms in total. The number of hydrogen-bond acceptors (Lipinski definition) is 4. The van der Waals surface area contributed by atoms with Crippen LogP contribution in [-0.4, -0.2) is 19.9 Å². The van der Waals surface area contributed by atoms with Gasteiger partial charge in [-0.2, -0.15) is 13.2 Å². The van der Waals surface area contributed by atoms with Crippen molar-refractivity contribution < 1.29 is 13.2 Å². The molecule has 0 spiro atoms. The Kier molecular flexibility index (Phi) is 4.23. The zero-order valence-electron chi connectivity index (χ0n) is 14.0. The molecule has 4 rings (SSSR count). The molecule has 0 saturated heterocycles. The number of alkyl halides is 3. The summed E-state index contributed by atoms with van der Waals surface area (Å²) in [6, 6.07) is 11.0. The molecule has 0 aliphatic heterocycles. The summed E-state index contributed by atoms with van der Waals surface area (Å²) >= 11 is 0. The topological polar surface area (TPSA) is 66.5 Å². The van der Waals surface area contributed by atoms with Gasteiger partial charge in [-0.25, -0.2) is 4.98 Å². The van der Waals surface area contributed by atoms with Crippen LogP contribution in [0.4, 0.5) is 19.0 Å². The van der Waals surface area contributed by atoms with Gasteiger partial charge in [-0.15, -0.1) is 0 Å². The Morgan fingerprint density at radius 3 is 2.67 bits per heavy atom. The average molecular weight is 369 g/mol. The molecule has 0 fully saturated rings. The fourth-order valence-electron chi connectivity index (χ4n) is 2.78. The van der Waals surface area contributed by atoms with E-state index in [9.17, 15) is 13.2 Å². The van der Waals surface area contributed by atoms with E-state index in [1.165, 1.54) is 0 Å². The molecule has 0 aliphatic carbocycles. The Hall–Kier alpha value is -3.42. The van der Waals surface area contributed by atoms with Crippen molar-refractivity contribution in [3.05, 3.63) is 72.3 Å². The Morgan fingerprint density at radius 1 is 1.00 bits per heavy atom. The third-order valence-corrected chi connectivity index (χ3v) is 4.07. The van der Waals surface area contributed by atoms with Gasteiger partial charge in [0.1, 0.15) is 11.5 Å². The van der Waals surface area contributed by atoms with Gasteiger partial charge in [-0.05, 0) is 36.4 Å². The van der Waals surface area contributed by atoms with E-state index < -0.39 is 11.7 Å². The van der Waals surface area contributed by atoms with Crippen LogP contribution in [0.3, 0.4) is 0 Å². The lowest BCUT2D eigenvalue weighted by atomic mass is 10.1. The lowest BCUT2D eigenvalue weighted by Crippen LogP contribution is -2.06. The number of aromatic amines is 1. The van der Waals surface area contributed by atoms with Crippen LogP contribution in [0.25, 0.3) is 22.3 Å². The summed E-state index contributed by atoms with van der Waals surface area (Å²) in [6.45, 7) is 0.440. The van der Waals surface area contributed by atoms with E-state index in [1.807, 2.05) is 18.2 Å². The highest BCUT2D eigenvalue weighted by Crippen LogP contribution is 2.34. The Balaban J connectivity index is 1.73. The molecule has 0 atom stereocenters. The van der Waals surface area contributed by atoms with Crippen LogP contribution in [0, 0.1) is 0 Å². The van der Waals surface area contributed by atoms with Crippen LogP contribution in [-0.2, 0) is 12.7 Å². The van der Waals surface area contributed by atoms with Crippen LogP contribution in [0.15, 0.2) is 61.1 Å². The molecule has 8 heteroatoms. The van der Waals surface area contributed by atoms with Crippen LogP contribution in [0.1, 0.15) is 11.3 Å².